The molecule has 7 nitrogen and oxygen atoms in total. The number of amides is 2. The highest BCUT2D eigenvalue weighted by molar-refractivity contribution is 7.20. The lowest BCUT2D eigenvalue weighted by molar-refractivity contribution is -0.118. The van der Waals surface area contributed by atoms with E-state index in [9.17, 15) is 9.59 Å². The molecule has 4 rings (SSSR count). The van der Waals surface area contributed by atoms with Crippen molar-refractivity contribution in [2.24, 2.45) is 0 Å². The molecular weight excluding hydrogens is 468 g/mol. The molecule has 10 heteroatoms. The normalized spacial score (nSPS) is 10.6. The molecule has 0 saturated carbocycles. The van der Waals surface area contributed by atoms with Crippen LogP contribution in [0.15, 0.2) is 60.0 Å². The second-order valence-corrected chi connectivity index (χ2v) is 8.82. The Hall–Kier alpha value is -3.27. The summed E-state index contributed by atoms with van der Waals surface area (Å²) >= 11 is 8.69. The third-order valence-corrected chi connectivity index (χ3v) is 6.41. The number of aromatic nitrogens is 2. The van der Waals surface area contributed by atoms with E-state index in [0.717, 1.165) is 10.6 Å². The molecule has 162 valence electrons. The number of aryl methyl sites for hydroxylation is 1. The summed E-state index contributed by atoms with van der Waals surface area (Å²) in [5.74, 6) is -0.0156. The van der Waals surface area contributed by atoms with Gasteiger partial charge in [0.05, 0.1) is 26.9 Å². The van der Waals surface area contributed by atoms with Crippen LogP contribution < -0.4 is 15.4 Å². The van der Waals surface area contributed by atoms with Crippen LogP contribution in [0.2, 0.25) is 5.02 Å². The number of hydrogen-bond donors (Lipinski definition) is 2. The molecule has 4 aromatic rings. The third kappa shape index (κ3) is 5.31. The van der Waals surface area contributed by atoms with Crippen molar-refractivity contribution in [3.05, 3.63) is 76.3 Å². The summed E-state index contributed by atoms with van der Waals surface area (Å²) in [4.78, 5) is 34.3. The second kappa shape index (κ2) is 9.90. The highest BCUT2D eigenvalue weighted by atomic mass is 35.5. The number of thiazole rings is 2. The van der Waals surface area contributed by atoms with Crippen molar-refractivity contribution >= 4 is 56.4 Å². The predicted octanol–water partition coefficient (Wildman–Crippen LogP) is 5.50. The van der Waals surface area contributed by atoms with Crippen LogP contribution in [0.1, 0.15) is 16.1 Å². The summed E-state index contributed by atoms with van der Waals surface area (Å²) in [5, 5.41) is 8.60. The Labute approximate surface area is 197 Å². The molecule has 2 aromatic heterocycles. The van der Waals surface area contributed by atoms with E-state index < -0.39 is 0 Å². The summed E-state index contributed by atoms with van der Waals surface area (Å²) in [6, 6.07) is 15.9. The number of halogens is 1. The highest BCUT2D eigenvalue weighted by Crippen LogP contribution is 2.34. The molecule has 0 radical (unpaired) electrons. The fraction of sp³-hybridized carbons (Fsp3) is 0.0909. The van der Waals surface area contributed by atoms with Crippen LogP contribution >= 0.6 is 34.3 Å². The zero-order valence-corrected chi connectivity index (χ0v) is 19.2. The zero-order chi connectivity index (χ0) is 22.5. The van der Waals surface area contributed by atoms with Crippen LogP contribution in [0.3, 0.4) is 0 Å². The number of rotatable bonds is 7. The van der Waals surface area contributed by atoms with Gasteiger partial charge < -0.3 is 4.74 Å². The lowest BCUT2D eigenvalue weighted by Crippen LogP contribution is -2.19. The Balaban J connectivity index is 1.39. The van der Waals surface area contributed by atoms with Gasteiger partial charge in [0, 0.05) is 5.38 Å². The summed E-state index contributed by atoms with van der Waals surface area (Å²) in [7, 11) is 0. The van der Waals surface area contributed by atoms with E-state index in [-0.39, 0.29) is 18.4 Å². The SMILES string of the molecule is Cc1nc(NC(=O)c2ccccc2Cl)sc1-c1csc(NC(=O)COc2ccccc2)n1. The summed E-state index contributed by atoms with van der Waals surface area (Å²) in [5.41, 5.74) is 1.77. The van der Waals surface area contributed by atoms with E-state index in [0.29, 0.717) is 32.3 Å². The topological polar surface area (TPSA) is 93.2 Å². The van der Waals surface area contributed by atoms with Crippen molar-refractivity contribution < 1.29 is 14.3 Å². The number of benzene rings is 2. The summed E-state index contributed by atoms with van der Waals surface area (Å²) in [6.45, 7) is 1.72. The van der Waals surface area contributed by atoms with E-state index in [1.807, 2.05) is 30.5 Å². The standard InChI is InChI=1S/C22H17ClN4O3S2/c1-13-19(32-22(24-13)27-20(29)15-9-5-6-10-16(15)23)17-12-31-21(25-17)26-18(28)11-30-14-7-3-2-4-8-14/h2-10,12H,11H2,1H3,(H,24,27,29)(H,25,26,28). The molecule has 0 bridgehead atoms. The van der Waals surface area contributed by atoms with Crippen LogP contribution in [-0.4, -0.2) is 28.4 Å². The fourth-order valence-electron chi connectivity index (χ4n) is 2.75. The van der Waals surface area contributed by atoms with Gasteiger partial charge in [-0.2, -0.15) is 0 Å². The van der Waals surface area contributed by atoms with E-state index in [1.54, 1.807) is 36.4 Å². The molecule has 2 amide bonds. The van der Waals surface area contributed by atoms with Crippen LogP contribution in [0, 0.1) is 6.92 Å². The highest BCUT2D eigenvalue weighted by Gasteiger charge is 2.17. The fourth-order valence-corrected chi connectivity index (χ4v) is 4.69. The lowest BCUT2D eigenvalue weighted by atomic mass is 10.2. The number of carbonyl (C=O) groups excluding carboxylic acids is 2. The van der Waals surface area contributed by atoms with Crippen molar-refractivity contribution in [3.8, 4) is 16.3 Å². The molecule has 0 aliphatic carbocycles. The quantitative estimate of drug-likeness (QED) is 0.361. The lowest BCUT2D eigenvalue weighted by Gasteiger charge is -2.05. The van der Waals surface area contributed by atoms with E-state index >= 15 is 0 Å². The number of nitrogens with zero attached hydrogens (tertiary/aromatic N) is 2. The molecule has 2 N–H and O–H groups in total. The van der Waals surface area contributed by atoms with Crippen molar-refractivity contribution in [3.63, 3.8) is 0 Å². The number of hydrogen-bond acceptors (Lipinski definition) is 7. The van der Waals surface area contributed by atoms with Gasteiger partial charge in [-0.15, -0.1) is 11.3 Å². The van der Waals surface area contributed by atoms with Gasteiger partial charge in [-0.05, 0) is 31.2 Å². The van der Waals surface area contributed by atoms with Gasteiger partial charge in [0.1, 0.15) is 5.75 Å². The number of para-hydroxylation sites is 1. The van der Waals surface area contributed by atoms with Gasteiger partial charge >= 0.3 is 0 Å². The molecular formula is C22H17ClN4O3S2. The molecule has 0 atom stereocenters. The minimum absolute atomic E-state index is 0.114. The largest absolute Gasteiger partial charge is 0.484 e. The number of carbonyl (C=O) groups is 2. The van der Waals surface area contributed by atoms with E-state index in [1.165, 1.54) is 22.7 Å². The van der Waals surface area contributed by atoms with Gasteiger partial charge in [-0.3, -0.25) is 20.2 Å². The molecule has 2 heterocycles. The maximum atomic E-state index is 12.5. The number of ether oxygens (including phenoxy) is 1. The van der Waals surface area contributed by atoms with Crippen LogP contribution in [0.4, 0.5) is 10.3 Å². The molecule has 0 saturated heterocycles. The van der Waals surface area contributed by atoms with Gasteiger partial charge in [-0.25, -0.2) is 9.97 Å². The molecule has 2 aromatic carbocycles. The minimum atomic E-state index is -0.333. The van der Waals surface area contributed by atoms with Crippen LogP contribution in [0.5, 0.6) is 5.75 Å². The molecule has 0 spiro atoms. The second-order valence-electron chi connectivity index (χ2n) is 6.56. The van der Waals surface area contributed by atoms with Crippen molar-refractivity contribution in [1.29, 1.82) is 0 Å². The maximum Gasteiger partial charge on any atom is 0.264 e. The first-order chi connectivity index (χ1) is 15.5. The Morgan fingerprint density at radius 2 is 1.75 bits per heavy atom. The van der Waals surface area contributed by atoms with Crippen molar-refractivity contribution in [1.82, 2.24) is 9.97 Å². The molecule has 0 unspecified atom stereocenters. The van der Waals surface area contributed by atoms with E-state index in [4.69, 9.17) is 16.3 Å². The third-order valence-electron chi connectivity index (χ3n) is 4.23. The van der Waals surface area contributed by atoms with Crippen molar-refractivity contribution in [2.45, 2.75) is 6.92 Å². The number of anilines is 2. The van der Waals surface area contributed by atoms with E-state index in [2.05, 4.69) is 20.6 Å². The first-order valence-electron chi connectivity index (χ1n) is 9.46. The monoisotopic (exact) mass is 484 g/mol. The van der Waals surface area contributed by atoms with Gasteiger partial charge in [-0.1, -0.05) is 53.3 Å². The Kier molecular flexibility index (Phi) is 6.79. The van der Waals surface area contributed by atoms with Crippen LogP contribution in [0.25, 0.3) is 10.6 Å². The average Bonchev–Trinajstić information content (AvgIpc) is 3.39. The van der Waals surface area contributed by atoms with Crippen LogP contribution in [-0.2, 0) is 4.79 Å². The van der Waals surface area contributed by atoms with Crippen molar-refractivity contribution in [2.75, 3.05) is 17.2 Å². The molecule has 0 fully saturated rings. The number of nitrogens with one attached hydrogen (secondary N) is 2. The smallest absolute Gasteiger partial charge is 0.264 e. The Bertz CT molecular complexity index is 1260. The minimum Gasteiger partial charge on any atom is -0.484 e. The molecule has 0 aliphatic rings. The predicted molar refractivity (Wildman–Crippen MR) is 128 cm³/mol. The maximum absolute atomic E-state index is 12.5. The Morgan fingerprint density at radius 3 is 2.53 bits per heavy atom. The average molecular weight is 485 g/mol. The van der Waals surface area contributed by atoms with Gasteiger partial charge in [0.2, 0.25) is 0 Å². The zero-order valence-electron chi connectivity index (χ0n) is 16.8. The summed E-state index contributed by atoms with van der Waals surface area (Å²) in [6.07, 6.45) is 0. The van der Waals surface area contributed by atoms with Gasteiger partial charge in [0.15, 0.2) is 16.9 Å². The Morgan fingerprint density at radius 1 is 1.00 bits per heavy atom. The summed E-state index contributed by atoms with van der Waals surface area (Å²) < 4.78 is 5.44. The first kappa shape index (κ1) is 21.9. The first-order valence-corrected chi connectivity index (χ1v) is 11.5. The molecule has 32 heavy (non-hydrogen) atoms. The molecule has 0 aliphatic heterocycles. The van der Waals surface area contributed by atoms with Gasteiger partial charge in [0.25, 0.3) is 11.8 Å².